The fraction of sp³-hybridized carbons (Fsp3) is 0.909. The number of ether oxygens (including phenoxy) is 1. The van der Waals surface area contributed by atoms with Crippen molar-refractivity contribution in [2.75, 3.05) is 0 Å². The normalized spacial score (nSPS) is 35.4. The van der Waals surface area contributed by atoms with Crippen LogP contribution in [0.15, 0.2) is 0 Å². The Balaban J connectivity index is 1.77. The molecule has 1 amide bonds. The summed E-state index contributed by atoms with van der Waals surface area (Å²) in [5, 5.41) is 2.66. The van der Waals surface area contributed by atoms with Crippen molar-refractivity contribution < 1.29 is 18.3 Å². The van der Waals surface area contributed by atoms with Crippen LogP contribution in [0.5, 0.6) is 0 Å². The molecule has 16 heavy (non-hydrogen) atoms. The second-order valence-electron chi connectivity index (χ2n) is 5.76. The largest absolute Gasteiger partial charge is 0.444 e. The van der Waals surface area contributed by atoms with Gasteiger partial charge in [0.05, 0.1) is 0 Å². The highest BCUT2D eigenvalue weighted by atomic mass is 19.3. The summed E-state index contributed by atoms with van der Waals surface area (Å²) < 4.78 is 30.8. The van der Waals surface area contributed by atoms with Gasteiger partial charge in [-0.25, -0.2) is 13.6 Å². The lowest BCUT2D eigenvalue weighted by molar-refractivity contribution is -0.00734. The molecular formula is C11H17F2NO2. The van der Waals surface area contributed by atoms with Gasteiger partial charge in [-0.3, -0.25) is 0 Å². The van der Waals surface area contributed by atoms with Crippen LogP contribution < -0.4 is 5.32 Å². The molecule has 5 heteroatoms. The van der Waals surface area contributed by atoms with Crippen LogP contribution in [0.25, 0.3) is 0 Å². The molecule has 0 saturated heterocycles. The first-order chi connectivity index (χ1) is 7.18. The molecule has 3 nitrogen and oxygen atoms in total. The van der Waals surface area contributed by atoms with Gasteiger partial charge in [-0.15, -0.1) is 0 Å². The molecule has 0 radical (unpaired) electrons. The smallest absolute Gasteiger partial charge is 0.407 e. The van der Waals surface area contributed by atoms with E-state index in [1.807, 2.05) is 0 Å². The predicted octanol–water partition coefficient (Wildman–Crippen LogP) is 2.55. The molecule has 3 atom stereocenters. The average Bonchev–Trinajstić information content (AvgIpc) is 2.54. The van der Waals surface area contributed by atoms with E-state index in [2.05, 4.69) is 5.32 Å². The third-order valence-corrected chi connectivity index (χ3v) is 3.08. The highest BCUT2D eigenvalue weighted by molar-refractivity contribution is 5.68. The summed E-state index contributed by atoms with van der Waals surface area (Å²) in [6.07, 6.45) is -0.703. The highest BCUT2D eigenvalue weighted by Gasteiger charge is 2.63. The number of alkyl halides is 2. The van der Waals surface area contributed by atoms with Gasteiger partial charge in [0.15, 0.2) is 0 Å². The monoisotopic (exact) mass is 233 g/mol. The average molecular weight is 233 g/mol. The van der Waals surface area contributed by atoms with Gasteiger partial charge in [-0.1, -0.05) is 0 Å². The summed E-state index contributed by atoms with van der Waals surface area (Å²) >= 11 is 0. The Bertz CT molecular complexity index is 298. The molecule has 92 valence electrons. The van der Waals surface area contributed by atoms with Crippen LogP contribution in [0.3, 0.4) is 0 Å². The van der Waals surface area contributed by atoms with E-state index in [0.717, 1.165) is 0 Å². The molecule has 0 aromatic heterocycles. The summed E-state index contributed by atoms with van der Waals surface area (Å²) in [5.41, 5.74) is -0.544. The Labute approximate surface area is 93.5 Å². The maximum Gasteiger partial charge on any atom is 0.407 e. The number of carbonyl (C=O) groups is 1. The zero-order chi connectivity index (χ0) is 12.1. The number of rotatable bonds is 1. The zero-order valence-electron chi connectivity index (χ0n) is 9.72. The molecule has 2 saturated carbocycles. The van der Waals surface area contributed by atoms with E-state index in [0.29, 0.717) is 0 Å². The van der Waals surface area contributed by atoms with E-state index in [1.165, 1.54) is 0 Å². The minimum absolute atomic E-state index is 0.0532. The number of fused-ring (bicyclic) bond motifs is 1. The number of hydrogen-bond acceptors (Lipinski definition) is 2. The molecular weight excluding hydrogens is 216 g/mol. The Morgan fingerprint density at radius 2 is 1.81 bits per heavy atom. The number of nitrogens with one attached hydrogen (secondary N) is 1. The second-order valence-corrected chi connectivity index (χ2v) is 5.76. The van der Waals surface area contributed by atoms with Gasteiger partial charge in [0.1, 0.15) is 5.60 Å². The molecule has 0 aromatic carbocycles. The number of alkyl carbamates (subject to hydrolysis) is 1. The number of amides is 1. The summed E-state index contributed by atoms with van der Waals surface area (Å²) in [7, 11) is 0. The van der Waals surface area contributed by atoms with Crippen molar-refractivity contribution in [1.82, 2.24) is 5.32 Å². The lowest BCUT2D eigenvalue weighted by Gasteiger charge is -2.20. The maximum absolute atomic E-state index is 12.9. The fourth-order valence-electron chi connectivity index (χ4n) is 2.43. The Morgan fingerprint density at radius 1 is 1.31 bits per heavy atom. The molecule has 0 aromatic rings. The molecule has 0 spiro atoms. The first kappa shape index (κ1) is 11.6. The third-order valence-electron chi connectivity index (χ3n) is 3.08. The van der Waals surface area contributed by atoms with Gasteiger partial charge in [0.2, 0.25) is 5.92 Å². The molecule has 0 heterocycles. The van der Waals surface area contributed by atoms with Gasteiger partial charge in [-0.05, 0) is 32.6 Å². The molecule has 1 N–H and O–H groups in total. The topological polar surface area (TPSA) is 38.3 Å². The van der Waals surface area contributed by atoms with E-state index >= 15 is 0 Å². The molecule has 2 aliphatic rings. The first-order valence-electron chi connectivity index (χ1n) is 5.55. The van der Waals surface area contributed by atoms with Gasteiger partial charge in [-0.2, -0.15) is 0 Å². The summed E-state index contributed by atoms with van der Waals surface area (Å²) in [4.78, 5) is 11.4. The molecule has 0 aliphatic heterocycles. The molecule has 2 fully saturated rings. The summed E-state index contributed by atoms with van der Waals surface area (Å²) in [5.74, 6) is -2.63. The van der Waals surface area contributed by atoms with E-state index < -0.39 is 17.6 Å². The fourth-order valence-corrected chi connectivity index (χ4v) is 2.43. The van der Waals surface area contributed by atoms with Crippen LogP contribution in [0.1, 0.15) is 33.6 Å². The SMILES string of the molecule is CC(C)(C)OC(=O)N[C@H]1[C@@H]2CC(F)(F)C[C@@H]21. The molecule has 2 rings (SSSR count). The van der Waals surface area contributed by atoms with E-state index in [4.69, 9.17) is 4.74 Å². The summed E-state index contributed by atoms with van der Waals surface area (Å²) in [6.45, 7) is 5.32. The predicted molar refractivity (Wildman–Crippen MR) is 54.3 cm³/mol. The Hall–Kier alpha value is -0.870. The molecule has 2 aliphatic carbocycles. The van der Waals surface area contributed by atoms with Crippen molar-refractivity contribution in [2.45, 2.75) is 51.2 Å². The van der Waals surface area contributed by atoms with Crippen LogP contribution in [0, 0.1) is 11.8 Å². The Morgan fingerprint density at radius 3 is 2.25 bits per heavy atom. The quantitative estimate of drug-likeness (QED) is 0.755. The second kappa shape index (κ2) is 3.31. The minimum atomic E-state index is -2.53. The third kappa shape index (κ3) is 2.44. The van der Waals surface area contributed by atoms with Crippen molar-refractivity contribution in [3.8, 4) is 0 Å². The van der Waals surface area contributed by atoms with Crippen LogP contribution in [0.2, 0.25) is 0 Å². The zero-order valence-corrected chi connectivity index (χ0v) is 9.72. The van der Waals surface area contributed by atoms with E-state index in [1.54, 1.807) is 20.8 Å². The van der Waals surface area contributed by atoms with Crippen molar-refractivity contribution in [3.63, 3.8) is 0 Å². The first-order valence-corrected chi connectivity index (χ1v) is 5.55. The minimum Gasteiger partial charge on any atom is -0.444 e. The van der Waals surface area contributed by atoms with Crippen LogP contribution >= 0.6 is 0 Å². The summed E-state index contributed by atoms with van der Waals surface area (Å²) in [6, 6.07) is -0.102. The Kier molecular flexibility index (Phi) is 2.40. The molecule has 0 unspecified atom stereocenters. The van der Waals surface area contributed by atoms with Gasteiger partial charge in [0.25, 0.3) is 0 Å². The van der Waals surface area contributed by atoms with Crippen molar-refractivity contribution in [1.29, 1.82) is 0 Å². The number of halogens is 2. The molecule has 0 bridgehead atoms. The van der Waals surface area contributed by atoms with E-state index in [-0.39, 0.29) is 30.7 Å². The van der Waals surface area contributed by atoms with Crippen molar-refractivity contribution in [3.05, 3.63) is 0 Å². The number of hydrogen-bond donors (Lipinski definition) is 1. The van der Waals surface area contributed by atoms with Gasteiger partial charge < -0.3 is 10.1 Å². The van der Waals surface area contributed by atoms with Gasteiger partial charge in [0, 0.05) is 18.9 Å². The number of carbonyl (C=O) groups excluding carboxylic acids is 1. The van der Waals surface area contributed by atoms with Crippen LogP contribution in [0.4, 0.5) is 13.6 Å². The van der Waals surface area contributed by atoms with Crippen LogP contribution in [-0.2, 0) is 4.74 Å². The van der Waals surface area contributed by atoms with Crippen molar-refractivity contribution >= 4 is 6.09 Å². The van der Waals surface area contributed by atoms with Crippen LogP contribution in [-0.4, -0.2) is 23.7 Å². The van der Waals surface area contributed by atoms with E-state index in [9.17, 15) is 13.6 Å². The van der Waals surface area contributed by atoms with Gasteiger partial charge >= 0.3 is 6.09 Å². The lowest BCUT2D eigenvalue weighted by atomic mass is 10.1. The highest BCUT2D eigenvalue weighted by Crippen LogP contribution is 2.58. The maximum atomic E-state index is 12.9. The standard InChI is InChI=1S/C11H17F2NO2/c1-10(2,3)16-9(15)14-8-6-4-11(12,13)5-7(6)8/h6-8H,4-5H2,1-3H3,(H,14,15)/t6-,7+,8+. The van der Waals surface area contributed by atoms with Crippen molar-refractivity contribution in [2.24, 2.45) is 11.8 Å². The lowest BCUT2D eigenvalue weighted by Crippen LogP contribution is -2.36.